The largest absolute Gasteiger partial charge is 0.337 e. The minimum absolute atomic E-state index is 0.0916. The molecule has 0 spiro atoms. The summed E-state index contributed by atoms with van der Waals surface area (Å²) in [6.07, 6.45) is 2.89. The molecule has 5 rings (SSSR count). The van der Waals surface area contributed by atoms with Gasteiger partial charge in [-0.05, 0) is 42.7 Å². The zero-order chi connectivity index (χ0) is 21.0. The van der Waals surface area contributed by atoms with Crippen LogP contribution in [0.2, 0.25) is 5.02 Å². The first-order chi connectivity index (χ1) is 14.5. The number of fused-ring (bicyclic) bond motifs is 1. The van der Waals surface area contributed by atoms with E-state index in [1.165, 1.54) is 26.1 Å². The van der Waals surface area contributed by atoms with Gasteiger partial charge in [0.1, 0.15) is 0 Å². The second-order valence-corrected chi connectivity index (χ2v) is 7.68. The third-order valence-electron chi connectivity index (χ3n) is 5.19. The van der Waals surface area contributed by atoms with Crippen LogP contribution < -0.4 is 11.2 Å². The second kappa shape index (κ2) is 6.91. The Balaban J connectivity index is 1.78. The van der Waals surface area contributed by atoms with E-state index in [1.807, 2.05) is 0 Å². The number of imidazole rings is 1. The molecular weight excluding hydrogens is 414 g/mol. The Morgan fingerprint density at radius 1 is 1.07 bits per heavy atom. The van der Waals surface area contributed by atoms with Gasteiger partial charge in [-0.25, -0.2) is 23.1 Å². The summed E-state index contributed by atoms with van der Waals surface area (Å²) in [5.74, 6) is -1.92. The topological polar surface area (TPSA) is 61.8 Å². The summed E-state index contributed by atoms with van der Waals surface area (Å²) < 4.78 is 31.0. The number of aromatic nitrogens is 4. The lowest BCUT2D eigenvalue weighted by atomic mass is 10.2. The normalized spacial score (nSPS) is 13.8. The zero-order valence-electron chi connectivity index (χ0n) is 15.6. The minimum atomic E-state index is -0.972. The Labute approximate surface area is 173 Å². The fourth-order valence-corrected chi connectivity index (χ4v) is 3.83. The van der Waals surface area contributed by atoms with E-state index in [0.29, 0.717) is 16.3 Å². The van der Waals surface area contributed by atoms with Crippen molar-refractivity contribution >= 4 is 22.8 Å². The first-order valence-corrected chi connectivity index (χ1v) is 9.74. The lowest BCUT2D eigenvalue weighted by Gasteiger charge is -2.13. The molecule has 1 aliphatic carbocycles. The Kier molecular flexibility index (Phi) is 4.32. The van der Waals surface area contributed by atoms with Crippen molar-refractivity contribution in [2.24, 2.45) is 0 Å². The van der Waals surface area contributed by atoms with E-state index in [9.17, 15) is 18.4 Å². The molecule has 0 bridgehead atoms. The lowest BCUT2D eigenvalue weighted by molar-refractivity contribution is 0.506. The van der Waals surface area contributed by atoms with Gasteiger partial charge in [0.2, 0.25) is 0 Å². The second-order valence-electron chi connectivity index (χ2n) is 7.27. The smallest absolute Gasteiger partial charge is 0.320 e. The van der Waals surface area contributed by atoms with Gasteiger partial charge in [-0.15, -0.1) is 0 Å². The van der Waals surface area contributed by atoms with Gasteiger partial charge in [0.05, 0.1) is 17.0 Å². The van der Waals surface area contributed by atoms with Crippen molar-refractivity contribution < 1.29 is 8.78 Å². The molecule has 0 atom stereocenters. The molecular formula is C21H15ClF2N4O2. The Hall–Kier alpha value is -3.26. The maximum Gasteiger partial charge on any atom is 0.337 e. The van der Waals surface area contributed by atoms with Crippen LogP contribution in [0.5, 0.6) is 0 Å². The number of rotatable bonds is 4. The minimum Gasteiger partial charge on any atom is -0.320 e. The predicted octanol–water partition coefficient (Wildman–Crippen LogP) is 3.66. The van der Waals surface area contributed by atoms with E-state index in [-0.39, 0.29) is 23.8 Å². The standard InChI is InChI=1S/C21H15ClF2N4O2/c22-14-3-1-2-4-17(14)28-19-18(20(29)27(21(28)30)13-6-7-13)26(11-25-19)10-12-5-8-15(23)16(24)9-12/h1-5,8-9,11,13H,6-7,10H2. The average molecular weight is 429 g/mol. The van der Waals surface area contributed by atoms with Gasteiger partial charge in [0.15, 0.2) is 22.8 Å². The third kappa shape index (κ3) is 2.95. The van der Waals surface area contributed by atoms with E-state index in [4.69, 9.17) is 11.6 Å². The molecule has 6 nitrogen and oxygen atoms in total. The quantitative estimate of drug-likeness (QED) is 0.498. The van der Waals surface area contributed by atoms with Crippen LogP contribution in [0.25, 0.3) is 16.9 Å². The Bertz CT molecular complexity index is 1420. The van der Waals surface area contributed by atoms with Gasteiger partial charge in [0.25, 0.3) is 5.56 Å². The summed E-state index contributed by atoms with van der Waals surface area (Å²) in [6, 6.07) is 10.2. The molecule has 4 aromatic rings. The maximum absolute atomic E-state index is 13.6. The van der Waals surface area contributed by atoms with Crippen LogP contribution in [-0.4, -0.2) is 18.7 Å². The summed E-state index contributed by atoms with van der Waals surface area (Å²) >= 11 is 6.33. The monoisotopic (exact) mass is 428 g/mol. The fourth-order valence-electron chi connectivity index (χ4n) is 3.61. The number of para-hydroxylation sites is 1. The molecule has 0 aliphatic heterocycles. The van der Waals surface area contributed by atoms with Crippen molar-refractivity contribution in [3.63, 3.8) is 0 Å². The molecule has 30 heavy (non-hydrogen) atoms. The van der Waals surface area contributed by atoms with Gasteiger partial charge in [-0.1, -0.05) is 29.8 Å². The van der Waals surface area contributed by atoms with Gasteiger partial charge < -0.3 is 4.57 Å². The first kappa shape index (κ1) is 18.7. The molecule has 0 N–H and O–H groups in total. The summed E-state index contributed by atoms with van der Waals surface area (Å²) in [4.78, 5) is 30.7. The highest BCUT2D eigenvalue weighted by Crippen LogP contribution is 2.33. The van der Waals surface area contributed by atoms with E-state index < -0.39 is 22.9 Å². The number of nitrogens with zero attached hydrogens (tertiary/aromatic N) is 4. The average Bonchev–Trinajstić information content (AvgIpc) is 3.46. The van der Waals surface area contributed by atoms with Gasteiger partial charge in [0, 0.05) is 12.6 Å². The predicted molar refractivity (Wildman–Crippen MR) is 108 cm³/mol. The van der Waals surface area contributed by atoms with Crippen LogP contribution in [-0.2, 0) is 6.54 Å². The van der Waals surface area contributed by atoms with Crippen molar-refractivity contribution in [2.75, 3.05) is 0 Å². The number of benzene rings is 2. The molecule has 2 heterocycles. The Morgan fingerprint density at radius 2 is 1.83 bits per heavy atom. The van der Waals surface area contributed by atoms with Crippen LogP contribution in [0.15, 0.2) is 58.4 Å². The fraction of sp³-hybridized carbons (Fsp3) is 0.190. The van der Waals surface area contributed by atoms with Gasteiger partial charge >= 0.3 is 5.69 Å². The van der Waals surface area contributed by atoms with Crippen molar-refractivity contribution in [2.45, 2.75) is 25.4 Å². The van der Waals surface area contributed by atoms with E-state index in [0.717, 1.165) is 25.0 Å². The van der Waals surface area contributed by atoms with E-state index in [1.54, 1.807) is 24.3 Å². The van der Waals surface area contributed by atoms with E-state index >= 15 is 0 Å². The van der Waals surface area contributed by atoms with Crippen molar-refractivity contribution in [3.05, 3.63) is 91.9 Å². The zero-order valence-corrected chi connectivity index (χ0v) is 16.3. The van der Waals surface area contributed by atoms with Crippen molar-refractivity contribution in [1.29, 1.82) is 0 Å². The molecule has 1 aliphatic rings. The molecule has 0 amide bonds. The molecule has 2 aromatic heterocycles. The summed E-state index contributed by atoms with van der Waals surface area (Å²) in [7, 11) is 0. The first-order valence-electron chi connectivity index (χ1n) is 9.37. The molecule has 9 heteroatoms. The molecule has 152 valence electrons. The summed E-state index contributed by atoms with van der Waals surface area (Å²) in [5.41, 5.74) is 0.286. The number of halogens is 3. The van der Waals surface area contributed by atoms with Crippen LogP contribution in [0, 0.1) is 11.6 Å². The third-order valence-corrected chi connectivity index (χ3v) is 5.51. The highest BCUT2D eigenvalue weighted by Gasteiger charge is 2.31. The molecule has 1 fully saturated rings. The molecule has 2 aromatic carbocycles. The van der Waals surface area contributed by atoms with Crippen LogP contribution in [0.4, 0.5) is 8.78 Å². The van der Waals surface area contributed by atoms with Crippen LogP contribution >= 0.6 is 11.6 Å². The SMILES string of the molecule is O=c1c2c(ncn2Cc2ccc(F)c(F)c2)n(-c2ccccc2Cl)c(=O)n1C1CC1. The summed E-state index contributed by atoms with van der Waals surface area (Å²) in [6.45, 7) is 0.0916. The highest BCUT2D eigenvalue weighted by atomic mass is 35.5. The highest BCUT2D eigenvalue weighted by molar-refractivity contribution is 6.32. The Morgan fingerprint density at radius 3 is 2.53 bits per heavy atom. The van der Waals surface area contributed by atoms with Crippen molar-refractivity contribution in [1.82, 2.24) is 18.7 Å². The number of hydrogen-bond donors (Lipinski definition) is 0. The molecule has 0 unspecified atom stereocenters. The maximum atomic E-state index is 13.6. The van der Waals surface area contributed by atoms with E-state index in [2.05, 4.69) is 4.98 Å². The van der Waals surface area contributed by atoms with Gasteiger partial charge in [-0.3, -0.25) is 9.36 Å². The molecule has 0 saturated heterocycles. The number of hydrogen-bond acceptors (Lipinski definition) is 3. The van der Waals surface area contributed by atoms with Crippen LogP contribution in [0.3, 0.4) is 0 Å². The molecule has 0 radical (unpaired) electrons. The van der Waals surface area contributed by atoms with Crippen molar-refractivity contribution in [3.8, 4) is 5.69 Å². The summed E-state index contributed by atoms with van der Waals surface area (Å²) in [5, 5.41) is 0.344. The van der Waals surface area contributed by atoms with Gasteiger partial charge in [-0.2, -0.15) is 0 Å². The molecule has 1 saturated carbocycles. The lowest BCUT2D eigenvalue weighted by Crippen LogP contribution is -2.39. The van der Waals surface area contributed by atoms with Crippen LogP contribution in [0.1, 0.15) is 24.4 Å².